The van der Waals surface area contributed by atoms with Crippen LogP contribution in [0.2, 0.25) is 0 Å². The van der Waals surface area contributed by atoms with E-state index < -0.39 is 6.10 Å². The summed E-state index contributed by atoms with van der Waals surface area (Å²) in [5, 5.41) is 14.5. The van der Waals surface area contributed by atoms with Crippen molar-refractivity contribution in [3.05, 3.63) is 0 Å². The van der Waals surface area contributed by atoms with E-state index in [9.17, 15) is 14.7 Å². The Morgan fingerprint density at radius 3 is 2.32 bits per heavy atom. The van der Waals surface area contributed by atoms with E-state index in [2.05, 4.69) is 26.1 Å². The summed E-state index contributed by atoms with van der Waals surface area (Å²) >= 11 is 0. The zero-order chi connectivity index (χ0) is 20.6. The van der Waals surface area contributed by atoms with Gasteiger partial charge >= 0.3 is 0 Å². The van der Waals surface area contributed by atoms with Crippen molar-refractivity contribution in [3.8, 4) is 0 Å². The largest absolute Gasteiger partial charge is 0.392 e. The molecule has 0 aromatic carbocycles. The van der Waals surface area contributed by atoms with E-state index in [0.717, 1.165) is 51.6 Å². The summed E-state index contributed by atoms with van der Waals surface area (Å²) in [5.74, 6) is 1.16. The Morgan fingerprint density at radius 2 is 1.71 bits per heavy atom. The molecule has 3 rings (SSSR count). The minimum atomic E-state index is -0.479. The quantitative estimate of drug-likeness (QED) is 0.775. The molecule has 0 aromatic heterocycles. The molecule has 1 aliphatic heterocycles. The number of amides is 2. The van der Waals surface area contributed by atoms with Gasteiger partial charge in [-0.25, -0.2) is 0 Å². The monoisotopic (exact) mass is 392 g/mol. The number of hydrogen-bond acceptors (Lipinski definition) is 3. The number of rotatable bonds is 3. The zero-order valence-electron chi connectivity index (χ0n) is 18.4. The summed E-state index contributed by atoms with van der Waals surface area (Å²) in [5.41, 5.74) is 0.105. The lowest BCUT2D eigenvalue weighted by Gasteiger charge is -2.56. The third-order valence-corrected chi connectivity index (χ3v) is 8.40. The first-order chi connectivity index (χ1) is 13.1. The summed E-state index contributed by atoms with van der Waals surface area (Å²) in [6.45, 7) is 12.0. The number of likely N-dealkylation sites (tertiary alicyclic amines) is 1. The molecule has 2 saturated carbocycles. The van der Waals surface area contributed by atoms with Crippen molar-refractivity contribution < 1.29 is 14.7 Å². The van der Waals surface area contributed by atoms with Crippen LogP contribution in [0.3, 0.4) is 0 Å². The Hall–Kier alpha value is -1.10. The molecular weight excluding hydrogens is 352 g/mol. The predicted molar refractivity (Wildman–Crippen MR) is 110 cm³/mol. The lowest BCUT2D eigenvalue weighted by molar-refractivity contribution is -0.151. The Kier molecular flexibility index (Phi) is 6.43. The number of nitrogens with zero attached hydrogens (tertiary/aromatic N) is 1. The van der Waals surface area contributed by atoms with Crippen molar-refractivity contribution in [2.24, 2.45) is 35.0 Å². The zero-order valence-corrected chi connectivity index (χ0v) is 18.4. The van der Waals surface area contributed by atoms with Crippen LogP contribution in [0.15, 0.2) is 0 Å². The Bertz CT molecular complexity index is 586. The first-order valence-corrected chi connectivity index (χ1v) is 11.4. The van der Waals surface area contributed by atoms with Gasteiger partial charge in [0.25, 0.3) is 0 Å². The topological polar surface area (TPSA) is 69.6 Å². The summed E-state index contributed by atoms with van der Waals surface area (Å²) in [7, 11) is 0. The van der Waals surface area contributed by atoms with Crippen LogP contribution in [0.5, 0.6) is 0 Å². The van der Waals surface area contributed by atoms with Crippen molar-refractivity contribution in [1.82, 2.24) is 10.2 Å². The molecule has 2 aliphatic carbocycles. The average molecular weight is 393 g/mol. The van der Waals surface area contributed by atoms with Gasteiger partial charge in [-0.3, -0.25) is 9.59 Å². The van der Waals surface area contributed by atoms with Crippen LogP contribution in [-0.2, 0) is 9.59 Å². The smallest absolute Gasteiger partial charge is 0.225 e. The van der Waals surface area contributed by atoms with Crippen molar-refractivity contribution in [3.63, 3.8) is 0 Å². The Labute approximate surface area is 170 Å². The second kappa shape index (κ2) is 8.33. The highest BCUT2D eigenvalue weighted by Gasteiger charge is 2.54. The second-order valence-corrected chi connectivity index (χ2v) is 10.4. The number of carbonyl (C=O) groups is 2. The van der Waals surface area contributed by atoms with Gasteiger partial charge in [0.2, 0.25) is 11.8 Å². The molecule has 3 fully saturated rings. The number of carbonyl (C=O) groups excluding carboxylic acids is 2. The van der Waals surface area contributed by atoms with Gasteiger partial charge in [-0.05, 0) is 67.6 Å². The Morgan fingerprint density at radius 1 is 1.11 bits per heavy atom. The Balaban J connectivity index is 1.72. The van der Waals surface area contributed by atoms with Gasteiger partial charge in [-0.2, -0.15) is 0 Å². The van der Waals surface area contributed by atoms with Crippen LogP contribution < -0.4 is 5.32 Å². The molecule has 0 spiro atoms. The fourth-order valence-corrected chi connectivity index (χ4v) is 6.46. The number of aliphatic hydroxyl groups excluding tert-OH is 1. The normalized spacial score (nSPS) is 40.5. The number of piperidine rings is 1. The van der Waals surface area contributed by atoms with E-state index in [-0.39, 0.29) is 46.9 Å². The van der Waals surface area contributed by atoms with Gasteiger partial charge in [0.1, 0.15) is 0 Å². The third kappa shape index (κ3) is 4.10. The second-order valence-electron chi connectivity index (χ2n) is 10.4. The number of hydrogen-bond donors (Lipinski definition) is 2. The van der Waals surface area contributed by atoms with Crippen LogP contribution in [0.4, 0.5) is 0 Å². The maximum Gasteiger partial charge on any atom is 0.225 e. The number of nitrogens with one attached hydrogen (secondary N) is 1. The standard InChI is InChI=1S/C23H40N2O3/c1-14-8-12-25(13-9-14)22(28)15(2)18-6-10-23(5)11-7-19(24-17(4)26)16(3)20(23)21(18)27/h14-16,18-21,27H,6-13H2,1-5H3,(H,24,26). The van der Waals surface area contributed by atoms with Gasteiger partial charge in [0.05, 0.1) is 6.10 Å². The SMILES string of the molecule is CC(=O)NC1CCC2(C)CCC(C(C)C(=O)N3CCC(C)CC3)C(O)C2C1C. The van der Waals surface area contributed by atoms with Gasteiger partial charge < -0.3 is 15.3 Å². The minimum absolute atomic E-state index is 0.00479. The van der Waals surface area contributed by atoms with Gasteiger partial charge in [-0.1, -0.05) is 27.7 Å². The lowest BCUT2D eigenvalue weighted by atomic mass is 9.51. The summed E-state index contributed by atoms with van der Waals surface area (Å²) in [6.07, 6.45) is 5.68. The molecule has 5 nitrogen and oxygen atoms in total. The van der Waals surface area contributed by atoms with E-state index in [1.807, 2.05) is 11.8 Å². The lowest BCUT2D eigenvalue weighted by Crippen LogP contribution is -2.58. The molecule has 28 heavy (non-hydrogen) atoms. The van der Waals surface area contributed by atoms with Crippen molar-refractivity contribution >= 4 is 11.8 Å². The fourth-order valence-electron chi connectivity index (χ4n) is 6.46. The fraction of sp³-hybridized carbons (Fsp3) is 0.913. The highest BCUT2D eigenvalue weighted by atomic mass is 16.3. The van der Waals surface area contributed by atoms with Crippen molar-refractivity contribution in [2.75, 3.05) is 13.1 Å². The average Bonchev–Trinajstić information content (AvgIpc) is 2.63. The first kappa shape index (κ1) is 21.6. The predicted octanol–water partition coefficient (Wildman–Crippen LogP) is 3.21. The van der Waals surface area contributed by atoms with Gasteiger partial charge in [0, 0.05) is 32.0 Å². The molecule has 2 N–H and O–H groups in total. The van der Waals surface area contributed by atoms with Crippen molar-refractivity contribution in [1.29, 1.82) is 0 Å². The molecule has 2 amide bonds. The van der Waals surface area contributed by atoms with E-state index >= 15 is 0 Å². The van der Waals surface area contributed by atoms with Crippen LogP contribution in [0.1, 0.15) is 73.1 Å². The van der Waals surface area contributed by atoms with E-state index in [1.54, 1.807) is 6.92 Å². The van der Waals surface area contributed by atoms with E-state index in [4.69, 9.17) is 0 Å². The van der Waals surface area contributed by atoms with Crippen LogP contribution in [0.25, 0.3) is 0 Å². The van der Waals surface area contributed by atoms with Crippen LogP contribution in [-0.4, -0.2) is 47.1 Å². The molecule has 0 aromatic rings. The molecule has 1 saturated heterocycles. The molecule has 0 radical (unpaired) electrons. The van der Waals surface area contributed by atoms with E-state index in [0.29, 0.717) is 5.92 Å². The van der Waals surface area contributed by atoms with Gasteiger partial charge in [0.15, 0.2) is 0 Å². The molecule has 7 unspecified atom stereocenters. The summed E-state index contributed by atoms with van der Waals surface area (Å²) in [4.78, 5) is 26.8. The molecule has 3 aliphatic rings. The van der Waals surface area contributed by atoms with Crippen LogP contribution in [0, 0.1) is 35.0 Å². The molecule has 0 bridgehead atoms. The maximum absolute atomic E-state index is 13.1. The molecule has 5 heteroatoms. The summed E-state index contributed by atoms with van der Waals surface area (Å²) < 4.78 is 0. The summed E-state index contributed by atoms with van der Waals surface area (Å²) in [6, 6.07) is 0.124. The van der Waals surface area contributed by atoms with E-state index in [1.165, 1.54) is 0 Å². The third-order valence-electron chi connectivity index (χ3n) is 8.40. The van der Waals surface area contributed by atoms with Crippen LogP contribution >= 0.6 is 0 Å². The highest BCUT2D eigenvalue weighted by Crippen LogP contribution is 2.55. The highest BCUT2D eigenvalue weighted by molar-refractivity contribution is 5.79. The van der Waals surface area contributed by atoms with Gasteiger partial charge in [-0.15, -0.1) is 0 Å². The molecule has 7 atom stereocenters. The number of fused-ring (bicyclic) bond motifs is 1. The molecular formula is C23H40N2O3. The molecule has 1 heterocycles. The minimum Gasteiger partial charge on any atom is -0.392 e. The molecule has 160 valence electrons. The first-order valence-electron chi connectivity index (χ1n) is 11.4. The maximum atomic E-state index is 13.1. The van der Waals surface area contributed by atoms with Crippen molar-refractivity contribution in [2.45, 2.75) is 85.3 Å². The number of aliphatic hydroxyl groups is 1.